The van der Waals surface area contributed by atoms with E-state index in [4.69, 9.17) is 5.73 Å². The third kappa shape index (κ3) is 4.36. The summed E-state index contributed by atoms with van der Waals surface area (Å²) in [6, 6.07) is 12.6. The Morgan fingerprint density at radius 1 is 1.13 bits per heavy atom. The molecule has 1 aliphatic heterocycles. The van der Waals surface area contributed by atoms with E-state index in [1.807, 2.05) is 31.1 Å². The molecule has 1 fully saturated rings. The second-order valence-electron chi connectivity index (χ2n) is 7.98. The van der Waals surface area contributed by atoms with Gasteiger partial charge in [0, 0.05) is 44.8 Å². The first-order valence-corrected chi connectivity index (χ1v) is 11.3. The Morgan fingerprint density at radius 2 is 1.87 bits per heavy atom. The van der Waals surface area contributed by atoms with Crippen LogP contribution in [0.2, 0.25) is 0 Å². The van der Waals surface area contributed by atoms with E-state index in [0.29, 0.717) is 17.1 Å². The number of aromatic nitrogens is 1. The average molecular weight is 424 g/mol. The molecule has 3 heterocycles. The average Bonchev–Trinajstić information content (AvgIpc) is 3.11. The standard InChI is InChI=1S/C23H29N5OS/c1-27(2)19-11-10-18-20(24)21(30-23(18)26-19)22(29)25-13-12-16-6-8-17(9-7-16)28-14-4-3-5-15-28/h6-11H,3-5,12-15,24H2,1-2H3,(H,25,29). The number of nitrogens with one attached hydrogen (secondary N) is 1. The summed E-state index contributed by atoms with van der Waals surface area (Å²) in [5, 5.41) is 3.84. The maximum absolute atomic E-state index is 12.7. The van der Waals surface area contributed by atoms with Crippen molar-refractivity contribution in [3.63, 3.8) is 0 Å². The van der Waals surface area contributed by atoms with E-state index in [9.17, 15) is 4.79 Å². The van der Waals surface area contributed by atoms with Gasteiger partial charge in [0.05, 0.1) is 5.69 Å². The number of anilines is 3. The van der Waals surface area contributed by atoms with Crippen LogP contribution >= 0.6 is 11.3 Å². The minimum Gasteiger partial charge on any atom is -0.397 e. The zero-order valence-electron chi connectivity index (χ0n) is 17.6. The van der Waals surface area contributed by atoms with Gasteiger partial charge in [-0.25, -0.2) is 4.98 Å². The molecule has 158 valence electrons. The number of thiophene rings is 1. The number of piperidine rings is 1. The molecule has 0 saturated carbocycles. The van der Waals surface area contributed by atoms with Crippen LogP contribution in [0.3, 0.4) is 0 Å². The first kappa shape index (κ1) is 20.5. The van der Waals surface area contributed by atoms with Crippen LogP contribution in [0.1, 0.15) is 34.5 Å². The van der Waals surface area contributed by atoms with Crippen LogP contribution in [-0.4, -0.2) is 44.6 Å². The second-order valence-corrected chi connectivity index (χ2v) is 8.98. The van der Waals surface area contributed by atoms with Crippen molar-refractivity contribution in [1.29, 1.82) is 0 Å². The molecule has 1 aromatic carbocycles. The van der Waals surface area contributed by atoms with E-state index in [1.54, 1.807) is 0 Å². The highest BCUT2D eigenvalue weighted by atomic mass is 32.1. The van der Waals surface area contributed by atoms with Crippen LogP contribution in [0.4, 0.5) is 17.2 Å². The normalized spacial score (nSPS) is 14.1. The molecule has 3 N–H and O–H groups in total. The van der Waals surface area contributed by atoms with Crippen molar-refractivity contribution in [2.45, 2.75) is 25.7 Å². The van der Waals surface area contributed by atoms with E-state index in [-0.39, 0.29) is 5.91 Å². The van der Waals surface area contributed by atoms with Gasteiger partial charge in [-0.3, -0.25) is 4.79 Å². The zero-order valence-corrected chi connectivity index (χ0v) is 18.5. The minimum atomic E-state index is -0.133. The van der Waals surface area contributed by atoms with E-state index in [0.717, 1.165) is 35.5 Å². The summed E-state index contributed by atoms with van der Waals surface area (Å²) in [7, 11) is 3.88. The highest BCUT2D eigenvalue weighted by Crippen LogP contribution is 2.33. The monoisotopic (exact) mass is 423 g/mol. The fraction of sp³-hybridized carbons (Fsp3) is 0.391. The van der Waals surface area contributed by atoms with Crippen molar-refractivity contribution in [3.05, 3.63) is 46.8 Å². The molecule has 1 saturated heterocycles. The van der Waals surface area contributed by atoms with E-state index in [2.05, 4.69) is 39.5 Å². The van der Waals surface area contributed by atoms with Crippen molar-refractivity contribution >= 4 is 44.7 Å². The van der Waals surface area contributed by atoms with Gasteiger partial charge < -0.3 is 20.9 Å². The molecule has 6 nitrogen and oxygen atoms in total. The number of carbonyl (C=O) groups excluding carboxylic acids is 1. The summed E-state index contributed by atoms with van der Waals surface area (Å²) in [4.78, 5) is 23.0. The number of hydrogen-bond acceptors (Lipinski definition) is 6. The molecule has 0 bridgehead atoms. The Kier molecular flexibility index (Phi) is 6.08. The van der Waals surface area contributed by atoms with Gasteiger partial charge in [-0.05, 0) is 55.5 Å². The summed E-state index contributed by atoms with van der Waals surface area (Å²) in [6.07, 6.45) is 4.69. The SMILES string of the molecule is CN(C)c1ccc2c(N)c(C(=O)NCCc3ccc(N4CCCCC4)cc3)sc2n1. The molecular weight excluding hydrogens is 394 g/mol. The Hall–Kier alpha value is -2.80. The van der Waals surface area contributed by atoms with Gasteiger partial charge >= 0.3 is 0 Å². The van der Waals surface area contributed by atoms with Crippen molar-refractivity contribution in [1.82, 2.24) is 10.3 Å². The Morgan fingerprint density at radius 3 is 2.57 bits per heavy atom. The molecule has 0 aliphatic carbocycles. The number of fused-ring (bicyclic) bond motifs is 1. The number of benzene rings is 1. The Balaban J connectivity index is 1.36. The summed E-state index contributed by atoms with van der Waals surface area (Å²) in [5.74, 6) is 0.718. The predicted molar refractivity (Wildman–Crippen MR) is 127 cm³/mol. The number of rotatable bonds is 6. The molecular formula is C23H29N5OS. The molecule has 0 radical (unpaired) electrons. The van der Waals surface area contributed by atoms with Crippen LogP contribution in [-0.2, 0) is 6.42 Å². The van der Waals surface area contributed by atoms with Crippen LogP contribution in [0.5, 0.6) is 0 Å². The van der Waals surface area contributed by atoms with E-state index < -0.39 is 0 Å². The molecule has 4 rings (SSSR count). The highest BCUT2D eigenvalue weighted by molar-refractivity contribution is 7.21. The first-order chi connectivity index (χ1) is 14.5. The summed E-state index contributed by atoms with van der Waals surface area (Å²) in [5.41, 5.74) is 9.25. The predicted octanol–water partition coefficient (Wildman–Crippen LogP) is 3.91. The number of pyridine rings is 1. The molecule has 3 aromatic rings. The first-order valence-electron chi connectivity index (χ1n) is 10.5. The minimum absolute atomic E-state index is 0.133. The maximum atomic E-state index is 12.7. The van der Waals surface area contributed by atoms with Crippen LogP contribution in [0.25, 0.3) is 10.2 Å². The lowest BCUT2D eigenvalue weighted by Gasteiger charge is -2.28. The summed E-state index contributed by atoms with van der Waals surface area (Å²) >= 11 is 1.35. The third-order valence-corrected chi connectivity index (χ3v) is 6.71. The molecule has 0 spiro atoms. The summed E-state index contributed by atoms with van der Waals surface area (Å²) < 4.78 is 0. The van der Waals surface area contributed by atoms with Gasteiger partial charge in [0.25, 0.3) is 5.91 Å². The van der Waals surface area contributed by atoms with Gasteiger partial charge in [0.15, 0.2) is 0 Å². The van der Waals surface area contributed by atoms with Gasteiger partial charge in [0.1, 0.15) is 15.5 Å². The zero-order chi connectivity index (χ0) is 21.1. The number of nitrogens with zero attached hydrogens (tertiary/aromatic N) is 3. The van der Waals surface area contributed by atoms with Crippen molar-refractivity contribution in [2.24, 2.45) is 0 Å². The second kappa shape index (κ2) is 8.92. The van der Waals surface area contributed by atoms with Crippen LogP contribution in [0, 0.1) is 0 Å². The molecule has 30 heavy (non-hydrogen) atoms. The molecule has 1 amide bonds. The molecule has 2 aromatic heterocycles. The number of carbonyl (C=O) groups is 1. The van der Waals surface area contributed by atoms with Crippen molar-refractivity contribution < 1.29 is 4.79 Å². The fourth-order valence-electron chi connectivity index (χ4n) is 3.83. The largest absolute Gasteiger partial charge is 0.397 e. The maximum Gasteiger partial charge on any atom is 0.263 e. The lowest BCUT2D eigenvalue weighted by atomic mass is 10.1. The van der Waals surface area contributed by atoms with Crippen molar-refractivity contribution in [2.75, 3.05) is 49.3 Å². The number of nitrogen functional groups attached to an aromatic ring is 1. The van der Waals surface area contributed by atoms with Gasteiger partial charge in [0.2, 0.25) is 0 Å². The van der Waals surface area contributed by atoms with Crippen molar-refractivity contribution in [3.8, 4) is 0 Å². The molecule has 0 unspecified atom stereocenters. The Labute approximate surface area is 181 Å². The quantitative estimate of drug-likeness (QED) is 0.629. The van der Waals surface area contributed by atoms with Gasteiger partial charge in [-0.2, -0.15) is 0 Å². The van der Waals surface area contributed by atoms with E-state index >= 15 is 0 Å². The smallest absolute Gasteiger partial charge is 0.263 e. The summed E-state index contributed by atoms with van der Waals surface area (Å²) in [6.45, 7) is 2.87. The van der Waals surface area contributed by atoms with Crippen LogP contribution < -0.4 is 20.9 Å². The highest BCUT2D eigenvalue weighted by Gasteiger charge is 2.17. The van der Waals surface area contributed by atoms with Gasteiger partial charge in [-0.15, -0.1) is 11.3 Å². The topological polar surface area (TPSA) is 74.5 Å². The third-order valence-electron chi connectivity index (χ3n) is 5.60. The fourth-order valence-corrected chi connectivity index (χ4v) is 4.84. The lowest BCUT2D eigenvalue weighted by molar-refractivity contribution is 0.0959. The van der Waals surface area contributed by atoms with Crippen LogP contribution in [0.15, 0.2) is 36.4 Å². The molecule has 0 atom stereocenters. The Bertz CT molecular complexity index is 1020. The number of amides is 1. The van der Waals surface area contributed by atoms with Gasteiger partial charge in [-0.1, -0.05) is 12.1 Å². The molecule has 7 heteroatoms. The molecule has 1 aliphatic rings. The van der Waals surface area contributed by atoms with E-state index in [1.165, 1.54) is 41.9 Å². The number of hydrogen-bond donors (Lipinski definition) is 2. The number of nitrogens with two attached hydrogens (primary N) is 1. The lowest BCUT2D eigenvalue weighted by Crippen LogP contribution is -2.29.